The Morgan fingerprint density at radius 2 is 1.79 bits per heavy atom. The molecule has 1 amide bonds. The topological polar surface area (TPSA) is 57.7 Å². The number of hydrogen-bond donors (Lipinski definition) is 0. The highest BCUT2D eigenvalue weighted by Gasteiger charge is 2.37. The second kappa shape index (κ2) is 8.35. The zero-order valence-electron chi connectivity index (χ0n) is 15.9. The zero-order valence-corrected chi connectivity index (χ0v) is 17.5. The number of benzene rings is 1. The summed E-state index contributed by atoms with van der Waals surface area (Å²) in [6, 6.07) is 11.6. The fourth-order valence-corrected chi connectivity index (χ4v) is 6.60. The Bertz CT molecular complexity index is 889. The summed E-state index contributed by atoms with van der Waals surface area (Å²) in [4.78, 5) is 15.1. The molecule has 1 aromatic carbocycles. The summed E-state index contributed by atoms with van der Waals surface area (Å²) in [5.74, 6) is 0.162. The van der Waals surface area contributed by atoms with Gasteiger partial charge in [0.15, 0.2) is 0 Å². The minimum atomic E-state index is -3.34. The molecule has 2 aliphatic rings. The summed E-state index contributed by atoms with van der Waals surface area (Å²) < 4.78 is 27.0. The van der Waals surface area contributed by atoms with Crippen LogP contribution in [0.25, 0.3) is 0 Å². The van der Waals surface area contributed by atoms with Crippen molar-refractivity contribution >= 4 is 27.3 Å². The van der Waals surface area contributed by atoms with Gasteiger partial charge in [0, 0.05) is 25.6 Å². The Kier molecular flexibility index (Phi) is 5.85. The molecule has 4 rings (SSSR count). The molecule has 1 aromatic heterocycles. The predicted octanol–water partition coefficient (Wildman–Crippen LogP) is 3.65. The van der Waals surface area contributed by atoms with Crippen LogP contribution in [0.3, 0.4) is 0 Å². The van der Waals surface area contributed by atoms with Gasteiger partial charge < -0.3 is 4.90 Å². The third-order valence-corrected chi connectivity index (χ3v) is 8.40. The van der Waals surface area contributed by atoms with Crippen LogP contribution >= 0.6 is 11.3 Å². The van der Waals surface area contributed by atoms with Gasteiger partial charge in [0.1, 0.15) is 0 Å². The lowest BCUT2D eigenvalue weighted by atomic mass is 9.95. The van der Waals surface area contributed by atoms with Crippen LogP contribution in [-0.2, 0) is 20.6 Å². The number of hydrogen-bond acceptors (Lipinski definition) is 4. The molecule has 0 radical (unpaired) electrons. The number of nitrogens with zero attached hydrogens (tertiary/aromatic N) is 2. The van der Waals surface area contributed by atoms with E-state index in [9.17, 15) is 13.2 Å². The van der Waals surface area contributed by atoms with Crippen LogP contribution < -0.4 is 0 Å². The van der Waals surface area contributed by atoms with Crippen LogP contribution in [0.4, 0.5) is 0 Å². The molecule has 28 heavy (non-hydrogen) atoms. The first kappa shape index (κ1) is 19.6. The summed E-state index contributed by atoms with van der Waals surface area (Å²) in [5, 5.41) is 4.20. The smallest absolute Gasteiger partial charge is 0.226 e. The van der Waals surface area contributed by atoms with E-state index in [0.29, 0.717) is 25.9 Å². The molecule has 0 saturated carbocycles. The lowest BCUT2D eigenvalue weighted by Crippen LogP contribution is -2.44. The second-order valence-electron chi connectivity index (χ2n) is 7.66. The van der Waals surface area contributed by atoms with Crippen LogP contribution in [0.2, 0.25) is 0 Å². The van der Waals surface area contributed by atoms with Crippen molar-refractivity contribution in [2.75, 3.05) is 19.6 Å². The largest absolute Gasteiger partial charge is 0.335 e. The molecular formula is C21H26N2O3S2. The van der Waals surface area contributed by atoms with Crippen LogP contribution in [0.5, 0.6) is 0 Å². The quantitative estimate of drug-likeness (QED) is 0.745. The molecule has 1 atom stereocenters. The molecule has 2 fully saturated rings. The van der Waals surface area contributed by atoms with Crippen LogP contribution in [0.15, 0.2) is 47.2 Å². The summed E-state index contributed by atoms with van der Waals surface area (Å²) >= 11 is 1.67. The van der Waals surface area contributed by atoms with Gasteiger partial charge in [0.25, 0.3) is 0 Å². The molecule has 5 nitrogen and oxygen atoms in total. The number of sulfonamides is 1. The third kappa shape index (κ3) is 4.16. The lowest BCUT2D eigenvalue weighted by molar-refractivity contribution is -0.137. The molecule has 0 unspecified atom stereocenters. The minimum Gasteiger partial charge on any atom is -0.335 e. The molecule has 0 bridgehead atoms. The van der Waals surface area contributed by atoms with E-state index >= 15 is 0 Å². The van der Waals surface area contributed by atoms with Crippen LogP contribution in [0, 0.1) is 5.92 Å². The van der Waals surface area contributed by atoms with Crippen molar-refractivity contribution in [2.24, 2.45) is 5.92 Å². The summed E-state index contributed by atoms with van der Waals surface area (Å²) in [5.41, 5.74) is 2.04. The first-order valence-corrected chi connectivity index (χ1v) is 12.4. The fraction of sp³-hybridized carbons (Fsp3) is 0.476. The van der Waals surface area contributed by atoms with Gasteiger partial charge in [-0.3, -0.25) is 4.79 Å². The molecule has 0 aliphatic carbocycles. The van der Waals surface area contributed by atoms with E-state index in [2.05, 4.69) is 16.8 Å². The summed E-state index contributed by atoms with van der Waals surface area (Å²) in [7, 11) is -3.34. The van der Waals surface area contributed by atoms with Crippen molar-refractivity contribution in [2.45, 2.75) is 37.5 Å². The molecule has 2 aromatic rings. The van der Waals surface area contributed by atoms with Gasteiger partial charge in [-0.1, -0.05) is 30.3 Å². The Balaban J connectivity index is 1.36. The van der Waals surface area contributed by atoms with Crippen molar-refractivity contribution in [3.63, 3.8) is 0 Å². The highest BCUT2D eigenvalue weighted by Crippen LogP contribution is 2.35. The molecule has 7 heteroatoms. The number of carbonyl (C=O) groups excluding carboxylic acids is 1. The van der Waals surface area contributed by atoms with E-state index in [1.54, 1.807) is 15.6 Å². The fourth-order valence-electron chi connectivity index (χ4n) is 4.33. The maximum atomic E-state index is 13.1. The van der Waals surface area contributed by atoms with E-state index in [0.717, 1.165) is 24.9 Å². The lowest BCUT2D eigenvalue weighted by Gasteiger charge is -2.34. The molecule has 0 spiro atoms. The normalized spacial score (nSPS) is 21.9. The maximum Gasteiger partial charge on any atom is 0.226 e. The monoisotopic (exact) mass is 418 g/mol. The van der Waals surface area contributed by atoms with Gasteiger partial charge >= 0.3 is 0 Å². The molecular weight excluding hydrogens is 392 g/mol. The molecule has 2 aliphatic heterocycles. The first-order valence-electron chi connectivity index (χ1n) is 9.89. The van der Waals surface area contributed by atoms with Crippen LogP contribution in [-0.4, -0.2) is 43.2 Å². The summed E-state index contributed by atoms with van der Waals surface area (Å²) in [6.07, 6.45) is 3.28. The van der Waals surface area contributed by atoms with Gasteiger partial charge in [-0.2, -0.15) is 11.3 Å². The average molecular weight is 419 g/mol. The molecule has 0 N–H and O–H groups in total. The van der Waals surface area contributed by atoms with Crippen molar-refractivity contribution in [3.8, 4) is 0 Å². The molecule has 150 valence electrons. The Morgan fingerprint density at radius 3 is 2.46 bits per heavy atom. The Hall–Kier alpha value is -1.70. The number of rotatable bonds is 5. The van der Waals surface area contributed by atoms with Crippen molar-refractivity contribution in [1.82, 2.24) is 9.21 Å². The zero-order chi connectivity index (χ0) is 19.6. The van der Waals surface area contributed by atoms with E-state index in [1.165, 1.54) is 5.56 Å². The Labute approximate surface area is 171 Å². The maximum absolute atomic E-state index is 13.1. The minimum absolute atomic E-state index is 0.0266. The number of amides is 1. The Morgan fingerprint density at radius 1 is 1.04 bits per heavy atom. The highest BCUT2D eigenvalue weighted by molar-refractivity contribution is 7.88. The number of carbonyl (C=O) groups is 1. The van der Waals surface area contributed by atoms with Gasteiger partial charge in [-0.25, -0.2) is 12.7 Å². The van der Waals surface area contributed by atoms with E-state index in [4.69, 9.17) is 0 Å². The third-order valence-electron chi connectivity index (χ3n) is 5.85. The van der Waals surface area contributed by atoms with Crippen molar-refractivity contribution < 1.29 is 13.2 Å². The summed E-state index contributed by atoms with van der Waals surface area (Å²) in [6.45, 7) is 1.68. The average Bonchev–Trinajstić information content (AvgIpc) is 3.39. The van der Waals surface area contributed by atoms with Gasteiger partial charge in [0.2, 0.25) is 15.9 Å². The first-order chi connectivity index (χ1) is 13.5. The second-order valence-corrected chi connectivity index (χ2v) is 10.4. The number of thiophene rings is 1. The predicted molar refractivity (Wildman–Crippen MR) is 111 cm³/mol. The number of likely N-dealkylation sites (tertiary alicyclic amines) is 1. The number of piperidine rings is 1. The van der Waals surface area contributed by atoms with Gasteiger partial charge in [-0.05, 0) is 53.6 Å². The van der Waals surface area contributed by atoms with E-state index in [1.807, 2.05) is 35.2 Å². The van der Waals surface area contributed by atoms with Crippen molar-refractivity contribution in [1.29, 1.82) is 0 Å². The molecule has 2 saturated heterocycles. The standard InChI is InChI=1S/C21H26N2O3S2/c24-21(23-11-4-7-20(23)19-10-14-27-15-19)18-8-12-22(13-9-18)28(25,26)16-17-5-2-1-3-6-17/h1-3,5-6,10,14-15,18,20H,4,7-9,11-13,16H2/t20-/m0/s1. The SMILES string of the molecule is O=C(C1CCN(S(=O)(=O)Cc2ccccc2)CC1)N1CCC[C@H]1c1ccsc1. The van der Waals surface area contributed by atoms with Crippen molar-refractivity contribution in [3.05, 3.63) is 58.3 Å². The van der Waals surface area contributed by atoms with E-state index in [-0.39, 0.29) is 23.6 Å². The van der Waals surface area contributed by atoms with Gasteiger partial charge in [0.05, 0.1) is 11.8 Å². The van der Waals surface area contributed by atoms with E-state index < -0.39 is 10.0 Å². The van der Waals surface area contributed by atoms with Gasteiger partial charge in [-0.15, -0.1) is 0 Å². The highest BCUT2D eigenvalue weighted by atomic mass is 32.2. The van der Waals surface area contributed by atoms with Crippen LogP contribution in [0.1, 0.15) is 42.9 Å². The molecule has 3 heterocycles.